The fraction of sp³-hybridized carbons (Fsp3) is 0.636. The van der Waals surface area contributed by atoms with Crippen molar-refractivity contribution >= 4 is 11.8 Å². The second kappa shape index (κ2) is 5.38. The van der Waals surface area contributed by atoms with Crippen LogP contribution in [0.25, 0.3) is 0 Å². The summed E-state index contributed by atoms with van der Waals surface area (Å²) in [5, 5.41) is 11.7. The van der Waals surface area contributed by atoms with Gasteiger partial charge in [0.05, 0.1) is 0 Å². The number of aliphatic hydroxyl groups excluding tert-OH is 1. The van der Waals surface area contributed by atoms with Gasteiger partial charge in [0.25, 0.3) is 0 Å². The van der Waals surface area contributed by atoms with Crippen LogP contribution in [-0.2, 0) is 0 Å². The minimum Gasteiger partial charge on any atom is -0.508 e. The van der Waals surface area contributed by atoms with Gasteiger partial charge < -0.3 is 5.11 Å². The van der Waals surface area contributed by atoms with E-state index < -0.39 is 0 Å². The van der Waals surface area contributed by atoms with Crippen molar-refractivity contribution in [3.05, 3.63) is 22.3 Å². The number of thioether (sulfide) groups is 1. The molecule has 1 nitrogen and oxygen atoms in total. The van der Waals surface area contributed by atoms with Crippen LogP contribution >= 0.6 is 11.8 Å². The molecule has 0 aliphatic heterocycles. The lowest BCUT2D eigenvalue weighted by atomic mass is 10.2. The normalized spacial score (nSPS) is 20.3. The molecule has 1 aliphatic rings. The number of allylic oxidation sites excluding steroid dienone is 2. The van der Waals surface area contributed by atoms with E-state index in [0.29, 0.717) is 5.76 Å². The molecule has 0 aromatic heterocycles. The largest absolute Gasteiger partial charge is 0.508 e. The third kappa shape index (κ3) is 3.11. The van der Waals surface area contributed by atoms with Crippen molar-refractivity contribution in [3.8, 4) is 0 Å². The van der Waals surface area contributed by atoms with Crippen molar-refractivity contribution in [1.82, 2.24) is 0 Å². The first kappa shape index (κ1) is 10.7. The SMILES string of the molecule is CCCCS/C=C1\CCC(C)=C1O. The minimum atomic E-state index is 0.545. The number of hydrogen-bond acceptors (Lipinski definition) is 2. The monoisotopic (exact) mass is 198 g/mol. The van der Waals surface area contributed by atoms with Gasteiger partial charge in [-0.15, -0.1) is 11.8 Å². The number of rotatable bonds is 4. The van der Waals surface area contributed by atoms with Gasteiger partial charge >= 0.3 is 0 Å². The maximum Gasteiger partial charge on any atom is 0.118 e. The molecule has 0 saturated carbocycles. The maximum absolute atomic E-state index is 9.61. The molecule has 0 saturated heterocycles. The number of hydrogen-bond donors (Lipinski definition) is 1. The van der Waals surface area contributed by atoms with E-state index in [2.05, 4.69) is 12.3 Å². The van der Waals surface area contributed by atoms with Gasteiger partial charge in [-0.3, -0.25) is 0 Å². The highest BCUT2D eigenvalue weighted by atomic mass is 32.2. The molecule has 0 atom stereocenters. The van der Waals surface area contributed by atoms with Gasteiger partial charge in [-0.25, -0.2) is 0 Å². The Labute approximate surface area is 84.9 Å². The zero-order valence-electron chi connectivity index (χ0n) is 8.47. The highest BCUT2D eigenvalue weighted by Gasteiger charge is 2.14. The average Bonchev–Trinajstić information content (AvgIpc) is 2.43. The van der Waals surface area contributed by atoms with E-state index in [0.717, 1.165) is 24.0 Å². The molecule has 0 spiro atoms. The van der Waals surface area contributed by atoms with Crippen molar-refractivity contribution in [2.24, 2.45) is 0 Å². The summed E-state index contributed by atoms with van der Waals surface area (Å²) in [5.74, 6) is 1.72. The summed E-state index contributed by atoms with van der Waals surface area (Å²) in [5.41, 5.74) is 2.28. The Morgan fingerprint density at radius 2 is 2.23 bits per heavy atom. The number of unbranched alkanes of at least 4 members (excludes halogenated alkanes) is 1. The molecule has 0 heterocycles. The van der Waals surface area contributed by atoms with Crippen LogP contribution in [0.4, 0.5) is 0 Å². The first-order valence-electron chi connectivity index (χ1n) is 4.95. The van der Waals surface area contributed by atoms with E-state index >= 15 is 0 Å². The summed E-state index contributed by atoms with van der Waals surface area (Å²) >= 11 is 1.82. The zero-order valence-corrected chi connectivity index (χ0v) is 9.28. The van der Waals surface area contributed by atoms with Crippen molar-refractivity contribution in [2.45, 2.75) is 39.5 Å². The van der Waals surface area contributed by atoms with Crippen molar-refractivity contribution in [1.29, 1.82) is 0 Å². The van der Waals surface area contributed by atoms with Crippen LogP contribution in [0, 0.1) is 0 Å². The van der Waals surface area contributed by atoms with Gasteiger partial charge in [0.2, 0.25) is 0 Å². The quantitative estimate of drug-likeness (QED) is 0.688. The van der Waals surface area contributed by atoms with E-state index in [1.54, 1.807) is 0 Å². The van der Waals surface area contributed by atoms with Crippen LogP contribution in [-0.4, -0.2) is 10.9 Å². The molecule has 0 aromatic rings. The van der Waals surface area contributed by atoms with E-state index in [4.69, 9.17) is 0 Å². The lowest BCUT2D eigenvalue weighted by Crippen LogP contribution is -1.81. The van der Waals surface area contributed by atoms with Gasteiger partial charge in [-0.2, -0.15) is 0 Å². The van der Waals surface area contributed by atoms with Crippen LogP contribution in [0.1, 0.15) is 39.5 Å². The molecule has 0 aromatic carbocycles. The van der Waals surface area contributed by atoms with Gasteiger partial charge in [0.15, 0.2) is 0 Å². The predicted octanol–water partition coefficient (Wildman–Crippen LogP) is 4.03. The smallest absolute Gasteiger partial charge is 0.118 e. The summed E-state index contributed by atoms with van der Waals surface area (Å²) < 4.78 is 0. The van der Waals surface area contributed by atoms with Crippen molar-refractivity contribution < 1.29 is 5.11 Å². The topological polar surface area (TPSA) is 20.2 Å². The zero-order chi connectivity index (χ0) is 9.68. The average molecular weight is 198 g/mol. The summed E-state index contributed by atoms with van der Waals surface area (Å²) in [7, 11) is 0. The van der Waals surface area contributed by atoms with Crippen LogP contribution in [0.5, 0.6) is 0 Å². The van der Waals surface area contributed by atoms with Crippen LogP contribution < -0.4 is 0 Å². The van der Waals surface area contributed by atoms with Gasteiger partial charge in [-0.05, 0) is 42.9 Å². The molecule has 13 heavy (non-hydrogen) atoms. The third-order valence-electron chi connectivity index (χ3n) is 2.32. The molecular weight excluding hydrogens is 180 g/mol. The van der Waals surface area contributed by atoms with Crippen LogP contribution in [0.2, 0.25) is 0 Å². The van der Waals surface area contributed by atoms with E-state index in [1.165, 1.54) is 18.6 Å². The summed E-state index contributed by atoms with van der Waals surface area (Å²) in [6, 6.07) is 0. The third-order valence-corrected chi connectivity index (χ3v) is 3.29. The van der Waals surface area contributed by atoms with E-state index in [9.17, 15) is 5.11 Å². The fourth-order valence-electron chi connectivity index (χ4n) is 1.33. The Hall–Kier alpha value is -0.370. The molecular formula is C11H18OS. The minimum absolute atomic E-state index is 0.545. The van der Waals surface area contributed by atoms with E-state index in [1.807, 2.05) is 18.7 Å². The predicted molar refractivity (Wildman–Crippen MR) is 60.0 cm³/mol. The summed E-state index contributed by atoms with van der Waals surface area (Å²) in [4.78, 5) is 0. The molecule has 0 fully saturated rings. The Morgan fingerprint density at radius 1 is 1.46 bits per heavy atom. The van der Waals surface area contributed by atoms with Crippen molar-refractivity contribution in [3.63, 3.8) is 0 Å². The lowest BCUT2D eigenvalue weighted by Gasteiger charge is -1.98. The van der Waals surface area contributed by atoms with Gasteiger partial charge in [0.1, 0.15) is 5.76 Å². The standard InChI is InChI=1S/C11H18OS/c1-3-4-7-13-8-10-6-5-9(2)11(10)12/h8,12H,3-7H2,1-2H3/b10-8+. The van der Waals surface area contributed by atoms with E-state index in [-0.39, 0.29) is 0 Å². The fourth-order valence-corrected chi connectivity index (χ4v) is 2.34. The molecule has 0 unspecified atom stereocenters. The Balaban J connectivity index is 2.36. The molecule has 2 heteroatoms. The molecule has 1 aliphatic carbocycles. The molecule has 0 radical (unpaired) electrons. The Morgan fingerprint density at radius 3 is 2.77 bits per heavy atom. The molecule has 0 bridgehead atoms. The molecule has 74 valence electrons. The second-order valence-corrected chi connectivity index (χ2v) is 4.47. The lowest BCUT2D eigenvalue weighted by molar-refractivity contribution is 0.422. The first-order valence-corrected chi connectivity index (χ1v) is 6.00. The molecule has 1 rings (SSSR count). The summed E-state index contributed by atoms with van der Waals surface area (Å²) in [6.45, 7) is 4.21. The Bertz CT molecular complexity index is 228. The molecule has 1 N–H and O–H groups in total. The maximum atomic E-state index is 9.61. The highest BCUT2D eigenvalue weighted by molar-refractivity contribution is 8.02. The van der Waals surface area contributed by atoms with Crippen LogP contribution in [0.15, 0.2) is 22.3 Å². The summed E-state index contributed by atoms with van der Waals surface area (Å²) in [6.07, 6.45) is 4.57. The second-order valence-electron chi connectivity index (χ2n) is 3.50. The van der Waals surface area contributed by atoms with Crippen molar-refractivity contribution in [2.75, 3.05) is 5.75 Å². The Kier molecular flexibility index (Phi) is 4.43. The number of aliphatic hydroxyl groups is 1. The van der Waals surface area contributed by atoms with Crippen LogP contribution in [0.3, 0.4) is 0 Å². The molecule has 0 amide bonds. The van der Waals surface area contributed by atoms with Gasteiger partial charge in [0, 0.05) is 5.57 Å². The van der Waals surface area contributed by atoms with Gasteiger partial charge in [-0.1, -0.05) is 13.3 Å². The highest BCUT2D eigenvalue weighted by Crippen LogP contribution is 2.30. The first-order chi connectivity index (χ1) is 6.25.